The molecule has 0 aliphatic heterocycles. The van der Waals surface area contributed by atoms with E-state index in [1.807, 2.05) is 50.2 Å². The third-order valence-corrected chi connectivity index (χ3v) is 4.93. The van der Waals surface area contributed by atoms with Crippen LogP contribution < -0.4 is 19.5 Å². The number of hydrogen-bond donors (Lipinski definition) is 1. The predicted molar refractivity (Wildman–Crippen MR) is 116 cm³/mol. The monoisotopic (exact) mass is 409 g/mol. The molecule has 0 radical (unpaired) electrons. The highest BCUT2D eigenvalue weighted by Crippen LogP contribution is 2.31. The van der Waals surface area contributed by atoms with Crippen molar-refractivity contribution < 1.29 is 19.0 Å². The van der Waals surface area contributed by atoms with Crippen LogP contribution in [0.4, 0.5) is 5.82 Å². The molecule has 1 N–H and O–H groups in total. The van der Waals surface area contributed by atoms with Crippen molar-refractivity contribution in [3.8, 4) is 17.2 Å². The minimum absolute atomic E-state index is 0.139. The van der Waals surface area contributed by atoms with Gasteiger partial charge in [-0.15, -0.1) is 0 Å². The molecule has 0 saturated heterocycles. The maximum atomic E-state index is 12.4. The molecule has 1 amide bonds. The van der Waals surface area contributed by atoms with Gasteiger partial charge in [-0.25, -0.2) is 4.68 Å². The highest BCUT2D eigenvalue weighted by molar-refractivity contribution is 5.89. The summed E-state index contributed by atoms with van der Waals surface area (Å²) < 4.78 is 18.3. The van der Waals surface area contributed by atoms with Gasteiger partial charge in [-0.2, -0.15) is 5.10 Å². The number of hydrogen-bond acceptors (Lipinski definition) is 5. The molecule has 0 saturated carbocycles. The standard InChI is InChI=1S/C23H27N3O4/c1-16-7-5-9-19(17(16)2)30-14-12-22(27)25-21-11-13-24-26(21)15-18-8-6-10-20(28-3)23(18)29-4/h5-11,13H,12,14-15H2,1-4H3,(H,25,27). The number of carbonyl (C=O) groups excluding carboxylic acids is 1. The van der Waals surface area contributed by atoms with E-state index in [0.29, 0.717) is 30.5 Å². The van der Waals surface area contributed by atoms with Gasteiger partial charge in [0.15, 0.2) is 11.5 Å². The van der Waals surface area contributed by atoms with E-state index in [1.54, 1.807) is 31.2 Å². The zero-order chi connectivity index (χ0) is 21.5. The number of anilines is 1. The van der Waals surface area contributed by atoms with Crippen molar-refractivity contribution >= 4 is 11.7 Å². The Balaban J connectivity index is 1.60. The number of para-hydroxylation sites is 1. The lowest BCUT2D eigenvalue weighted by atomic mass is 10.1. The first-order valence-corrected chi connectivity index (χ1v) is 9.74. The number of nitrogens with one attached hydrogen (secondary N) is 1. The van der Waals surface area contributed by atoms with E-state index in [4.69, 9.17) is 14.2 Å². The maximum absolute atomic E-state index is 12.4. The van der Waals surface area contributed by atoms with Crippen molar-refractivity contribution in [2.75, 3.05) is 26.1 Å². The topological polar surface area (TPSA) is 74.6 Å². The van der Waals surface area contributed by atoms with E-state index < -0.39 is 0 Å². The zero-order valence-electron chi connectivity index (χ0n) is 17.8. The van der Waals surface area contributed by atoms with Gasteiger partial charge >= 0.3 is 0 Å². The van der Waals surface area contributed by atoms with E-state index in [9.17, 15) is 4.79 Å². The van der Waals surface area contributed by atoms with E-state index in [0.717, 1.165) is 22.4 Å². The van der Waals surface area contributed by atoms with Gasteiger partial charge in [0.05, 0.1) is 40.0 Å². The molecule has 0 spiro atoms. The zero-order valence-corrected chi connectivity index (χ0v) is 17.8. The summed E-state index contributed by atoms with van der Waals surface area (Å²) in [6.45, 7) is 4.78. The van der Waals surface area contributed by atoms with Crippen LogP contribution in [0.2, 0.25) is 0 Å². The Hall–Kier alpha value is -3.48. The molecule has 3 aromatic rings. The summed E-state index contributed by atoms with van der Waals surface area (Å²) in [6, 6.07) is 13.3. The summed E-state index contributed by atoms with van der Waals surface area (Å²) in [5.74, 6) is 2.57. The number of nitrogens with zero attached hydrogens (tertiary/aromatic N) is 2. The Morgan fingerprint density at radius 2 is 1.80 bits per heavy atom. The van der Waals surface area contributed by atoms with Gasteiger partial charge in [-0.05, 0) is 37.1 Å². The molecule has 0 aliphatic rings. The molecular weight excluding hydrogens is 382 g/mol. The van der Waals surface area contributed by atoms with Crippen LogP contribution in [0.1, 0.15) is 23.1 Å². The molecule has 3 rings (SSSR count). The Morgan fingerprint density at radius 1 is 1.03 bits per heavy atom. The molecule has 1 aromatic heterocycles. The van der Waals surface area contributed by atoms with Gasteiger partial charge in [0.25, 0.3) is 0 Å². The van der Waals surface area contributed by atoms with Crippen molar-refractivity contribution in [1.82, 2.24) is 9.78 Å². The van der Waals surface area contributed by atoms with E-state index in [1.165, 1.54) is 0 Å². The molecular formula is C23H27N3O4. The summed E-state index contributed by atoms with van der Waals surface area (Å²) >= 11 is 0. The minimum atomic E-state index is -0.139. The molecule has 2 aromatic carbocycles. The summed E-state index contributed by atoms with van der Waals surface area (Å²) in [6.07, 6.45) is 1.88. The molecule has 7 heteroatoms. The third kappa shape index (κ3) is 4.92. The van der Waals surface area contributed by atoms with Crippen LogP contribution in [0.5, 0.6) is 17.2 Å². The minimum Gasteiger partial charge on any atom is -0.493 e. The fraction of sp³-hybridized carbons (Fsp3) is 0.304. The van der Waals surface area contributed by atoms with Crippen LogP contribution in [0.3, 0.4) is 0 Å². The Bertz CT molecular complexity index is 1010. The molecule has 0 bridgehead atoms. The second-order valence-corrected chi connectivity index (χ2v) is 6.87. The first-order valence-electron chi connectivity index (χ1n) is 9.74. The highest BCUT2D eigenvalue weighted by atomic mass is 16.5. The van der Waals surface area contributed by atoms with Gasteiger partial charge in [0.2, 0.25) is 5.91 Å². The number of amides is 1. The van der Waals surface area contributed by atoms with Crippen LogP contribution in [0, 0.1) is 13.8 Å². The Labute approximate surface area is 176 Å². The summed E-state index contributed by atoms with van der Waals surface area (Å²) in [5.41, 5.74) is 3.14. The number of methoxy groups -OCH3 is 2. The second-order valence-electron chi connectivity index (χ2n) is 6.87. The van der Waals surface area contributed by atoms with Crippen LogP contribution in [-0.2, 0) is 11.3 Å². The van der Waals surface area contributed by atoms with Crippen molar-refractivity contribution in [2.45, 2.75) is 26.8 Å². The lowest BCUT2D eigenvalue weighted by Crippen LogP contribution is -2.18. The molecule has 30 heavy (non-hydrogen) atoms. The summed E-state index contributed by atoms with van der Waals surface area (Å²) in [5, 5.41) is 7.22. The van der Waals surface area contributed by atoms with Gasteiger partial charge in [0, 0.05) is 11.6 Å². The molecule has 158 valence electrons. The number of aryl methyl sites for hydroxylation is 1. The lowest BCUT2D eigenvalue weighted by Gasteiger charge is -2.14. The van der Waals surface area contributed by atoms with Crippen molar-refractivity contribution in [3.05, 3.63) is 65.4 Å². The Morgan fingerprint density at radius 3 is 2.57 bits per heavy atom. The normalized spacial score (nSPS) is 10.5. The number of carbonyl (C=O) groups is 1. The molecule has 1 heterocycles. The molecule has 0 fully saturated rings. The largest absolute Gasteiger partial charge is 0.493 e. The quantitative estimate of drug-likeness (QED) is 0.579. The summed E-state index contributed by atoms with van der Waals surface area (Å²) in [7, 11) is 3.20. The first-order chi connectivity index (χ1) is 14.5. The smallest absolute Gasteiger partial charge is 0.228 e. The Kier molecular flexibility index (Phi) is 6.95. The highest BCUT2D eigenvalue weighted by Gasteiger charge is 2.13. The van der Waals surface area contributed by atoms with Gasteiger partial charge in [0.1, 0.15) is 11.6 Å². The van der Waals surface area contributed by atoms with Crippen LogP contribution >= 0.6 is 0 Å². The first kappa shape index (κ1) is 21.2. The number of ether oxygens (including phenoxy) is 3. The van der Waals surface area contributed by atoms with Crippen LogP contribution in [0.15, 0.2) is 48.7 Å². The average Bonchev–Trinajstić information content (AvgIpc) is 3.17. The fourth-order valence-corrected chi connectivity index (χ4v) is 3.14. The van der Waals surface area contributed by atoms with E-state index in [2.05, 4.69) is 10.4 Å². The molecule has 0 aliphatic carbocycles. The second kappa shape index (κ2) is 9.82. The number of benzene rings is 2. The molecule has 7 nitrogen and oxygen atoms in total. The van der Waals surface area contributed by atoms with Gasteiger partial charge < -0.3 is 19.5 Å². The van der Waals surface area contributed by atoms with Crippen molar-refractivity contribution in [3.63, 3.8) is 0 Å². The number of rotatable bonds is 9. The number of aromatic nitrogens is 2. The molecule has 0 unspecified atom stereocenters. The maximum Gasteiger partial charge on any atom is 0.228 e. The van der Waals surface area contributed by atoms with Crippen LogP contribution in [-0.4, -0.2) is 36.5 Å². The molecule has 0 atom stereocenters. The third-order valence-electron chi connectivity index (χ3n) is 4.93. The summed E-state index contributed by atoms with van der Waals surface area (Å²) in [4.78, 5) is 12.4. The van der Waals surface area contributed by atoms with Gasteiger partial charge in [-0.3, -0.25) is 4.79 Å². The lowest BCUT2D eigenvalue weighted by molar-refractivity contribution is -0.116. The average molecular weight is 409 g/mol. The van der Waals surface area contributed by atoms with Crippen molar-refractivity contribution in [2.24, 2.45) is 0 Å². The van der Waals surface area contributed by atoms with E-state index >= 15 is 0 Å². The van der Waals surface area contributed by atoms with E-state index in [-0.39, 0.29) is 12.3 Å². The van der Waals surface area contributed by atoms with Crippen LogP contribution in [0.25, 0.3) is 0 Å². The predicted octanol–water partition coefficient (Wildman–Crippen LogP) is 3.97. The fourth-order valence-electron chi connectivity index (χ4n) is 3.14. The van der Waals surface area contributed by atoms with Gasteiger partial charge in [-0.1, -0.05) is 24.3 Å². The van der Waals surface area contributed by atoms with Crippen molar-refractivity contribution in [1.29, 1.82) is 0 Å². The SMILES string of the molecule is COc1cccc(Cn2nccc2NC(=O)CCOc2cccc(C)c2C)c1OC.